The van der Waals surface area contributed by atoms with Gasteiger partial charge in [0.05, 0.1) is 7.11 Å². The monoisotopic (exact) mass is 300 g/mol. The highest BCUT2D eigenvalue weighted by Crippen LogP contribution is 2.37. The van der Waals surface area contributed by atoms with E-state index < -0.39 is 0 Å². The fourth-order valence-electron chi connectivity index (χ4n) is 2.95. The summed E-state index contributed by atoms with van der Waals surface area (Å²) < 4.78 is 5.43. The molecule has 0 saturated heterocycles. The van der Waals surface area contributed by atoms with Gasteiger partial charge in [-0.3, -0.25) is 0 Å². The van der Waals surface area contributed by atoms with E-state index in [9.17, 15) is 0 Å². The van der Waals surface area contributed by atoms with Crippen molar-refractivity contribution in [1.29, 1.82) is 0 Å². The standard InChI is InChI=1S/C20H16N2O/c1-23-15-9-10-18(20-21-11-12-22-20)19(13-15)17-8-4-6-14-5-2-3-7-16(14)17/h2-13H,1H3,(H,21,22). The highest BCUT2D eigenvalue weighted by atomic mass is 16.5. The van der Waals surface area contributed by atoms with E-state index in [4.69, 9.17) is 4.74 Å². The smallest absolute Gasteiger partial charge is 0.137 e. The van der Waals surface area contributed by atoms with Gasteiger partial charge in [0, 0.05) is 18.0 Å². The van der Waals surface area contributed by atoms with Crippen LogP contribution in [0.3, 0.4) is 0 Å². The number of benzene rings is 3. The maximum absolute atomic E-state index is 5.43. The second-order valence-corrected chi connectivity index (χ2v) is 5.38. The lowest BCUT2D eigenvalue weighted by molar-refractivity contribution is 0.415. The lowest BCUT2D eigenvalue weighted by Gasteiger charge is -2.13. The average Bonchev–Trinajstić information content (AvgIpc) is 3.15. The summed E-state index contributed by atoms with van der Waals surface area (Å²) in [5, 5.41) is 2.44. The average molecular weight is 300 g/mol. The molecule has 0 atom stereocenters. The van der Waals surface area contributed by atoms with Crippen LogP contribution in [0.15, 0.2) is 73.1 Å². The summed E-state index contributed by atoms with van der Waals surface area (Å²) in [6.07, 6.45) is 3.61. The van der Waals surface area contributed by atoms with Crippen LogP contribution >= 0.6 is 0 Å². The number of ether oxygens (including phenoxy) is 1. The van der Waals surface area contributed by atoms with E-state index in [1.54, 1.807) is 13.3 Å². The largest absolute Gasteiger partial charge is 0.497 e. The van der Waals surface area contributed by atoms with Crippen molar-refractivity contribution in [1.82, 2.24) is 9.97 Å². The Morgan fingerprint density at radius 2 is 1.74 bits per heavy atom. The Labute approximate surface area is 134 Å². The minimum atomic E-state index is 0.836. The zero-order valence-corrected chi connectivity index (χ0v) is 12.8. The van der Waals surface area contributed by atoms with Crippen LogP contribution in [-0.4, -0.2) is 17.1 Å². The quantitative estimate of drug-likeness (QED) is 0.584. The van der Waals surface area contributed by atoms with E-state index >= 15 is 0 Å². The van der Waals surface area contributed by atoms with Gasteiger partial charge < -0.3 is 9.72 Å². The van der Waals surface area contributed by atoms with Gasteiger partial charge in [0.1, 0.15) is 11.6 Å². The van der Waals surface area contributed by atoms with Crippen LogP contribution in [0.25, 0.3) is 33.3 Å². The molecule has 3 heteroatoms. The van der Waals surface area contributed by atoms with Crippen LogP contribution in [0.5, 0.6) is 5.75 Å². The molecule has 0 bridgehead atoms. The SMILES string of the molecule is COc1ccc(-c2ncc[nH]2)c(-c2cccc3ccccc23)c1. The summed E-state index contributed by atoms with van der Waals surface area (Å²) in [5.74, 6) is 1.69. The third-order valence-electron chi connectivity index (χ3n) is 4.06. The van der Waals surface area contributed by atoms with Gasteiger partial charge in [-0.1, -0.05) is 42.5 Å². The van der Waals surface area contributed by atoms with Crippen molar-refractivity contribution in [2.75, 3.05) is 7.11 Å². The Kier molecular flexibility index (Phi) is 3.31. The summed E-state index contributed by atoms with van der Waals surface area (Å²) >= 11 is 0. The van der Waals surface area contributed by atoms with Gasteiger partial charge in [0.2, 0.25) is 0 Å². The molecule has 3 aromatic carbocycles. The first kappa shape index (κ1) is 13.6. The minimum absolute atomic E-state index is 0.836. The summed E-state index contributed by atoms with van der Waals surface area (Å²) in [6, 6.07) is 20.9. The van der Waals surface area contributed by atoms with E-state index in [1.165, 1.54) is 16.3 Å². The van der Waals surface area contributed by atoms with E-state index in [0.29, 0.717) is 0 Å². The van der Waals surface area contributed by atoms with E-state index in [-0.39, 0.29) is 0 Å². The summed E-state index contributed by atoms with van der Waals surface area (Å²) in [6.45, 7) is 0. The van der Waals surface area contributed by atoms with Crippen LogP contribution < -0.4 is 4.74 Å². The molecule has 0 amide bonds. The number of rotatable bonds is 3. The molecule has 0 aliphatic rings. The van der Waals surface area contributed by atoms with Gasteiger partial charge in [-0.05, 0) is 40.1 Å². The number of aromatic amines is 1. The molecule has 23 heavy (non-hydrogen) atoms. The molecule has 3 nitrogen and oxygen atoms in total. The Balaban J connectivity index is 2.03. The first-order valence-corrected chi connectivity index (χ1v) is 7.53. The van der Waals surface area contributed by atoms with Crippen LogP contribution in [0.4, 0.5) is 0 Å². The third-order valence-corrected chi connectivity index (χ3v) is 4.06. The van der Waals surface area contributed by atoms with Crippen molar-refractivity contribution in [2.45, 2.75) is 0 Å². The Bertz CT molecular complexity index is 953. The highest BCUT2D eigenvalue weighted by Gasteiger charge is 2.13. The van der Waals surface area contributed by atoms with E-state index in [2.05, 4.69) is 64.6 Å². The molecular formula is C20H16N2O. The Hall–Kier alpha value is -3.07. The fraction of sp³-hybridized carbons (Fsp3) is 0.0500. The molecule has 0 saturated carbocycles. The van der Waals surface area contributed by atoms with Gasteiger partial charge in [-0.2, -0.15) is 0 Å². The number of hydrogen-bond donors (Lipinski definition) is 1. The molecule has 0 radical (unpaired) electrons. The molecule has 0 aliphatic carbocycles. The van der Waals surface area contributed by atoms with Crippen molar-refractivity contribution in [3.63, 3.8) is 0 Å². The fourth-order valence-corrected chi connectivity index (χ4v) is 2.95. The zero-order chi connectivity index (χ0) is 15.6. The molecule has 0 spiro atoms. The van der Waals surface area contributed by atoms with Crippen molar-refractivity contribution in [3.8, 4) is 28.3 Å². The normalized spacial score (nSPS) is 10.8. The predicted molar refractivity (Wildman–Crippen MR) is 93.5 cm³/mol. The lowest BCUT2D eigenvalue weighted by atomic mass is 9.94. The van der Waals surface area contributed by atoms with Gasteiger partial charge >= 0.3 is 0 Å². The number of nitrogens with one attached hydrogen (secondary N) is 1. The topological polar surface area (TPSA) is 37.9 Å². The number of aromatic nitrogens is 2. The molecule has 112 valence electrons. The number of methoxy groups -OCH3 is 1. The molecule has 0 fully saturated rings. The highest BCUT2D eigenvalue weighted by molar-refractivity contribution is 6.00. The van der Waals surface area contributed by atoms with Crippen LogP contribution in [0.1, 0.15) is 0 Å². The molecule has 4 rings (SSSR count). The maximum atomic E-state index is 5.43. The molecule has 1 aromatic heterocycles. The number of imidazole rings is 1. The van der Waals surface area contributed by atoms with Gasteiger partial charge in [-0.25, -0.2) is 4.98 Å². The molecule has 1 heterocycles. The minimum Gasteiger partial charge on any atom is -0.497 e. The first-order chi connectivity index (χ1) is 11.4. The number of hydrogen-bond acceptors (Lipinski definition) is 2. The number of fused-ring (bicyclic) bond motifs is 1. The molecule has 0 aliphatic heterocycles. The summed E-state index contributed by atoms with van der Waals surface area (Å²) in [7, 11) is 1.69. The van der Waals surface area contributed by atoms with Crippen molar-refractivity contribution in [3.05, 3.63) is 73.1 Å². The van der Waals surface area contributed by atoms with E-state index in [1.807, 2.05) is 12.3 Å². The van der Waals surface area contributed by atoms with Crippen LogP contribution in [-0.2, 0) is 0 Å². The second-order valence-electron chi connectivity index (χ2n) is 5.38. The summed E-state index contributed by atoms with van der Waals surface area (Å²) in [5.41, 5.74) is 3.34. The third kappa shape index (κ3) is 2.36. The Morgan fingerprint density at radius 1 is 0.870 bits per heavy atom. The first-order valence-electron chi connectivity index (χ1n) is 7.53. The molecule has 4 aromatic rings. The Morgan fingerprint density at radius 3 is 2.57 bits per heavy atom. The zero-order valence-electron chi connectivity index (χ0n) is 12.8. The van der Waals surface area contributed by atoms with Crippen molar-refractivity contribution < 1.29 is 4.74 Å². The van der Waals surface area contributed by atoms with Crippen LogP contribution in [0.2, 0.25) is 0 Å². The molecule has 1 N–H and O–H groups in total. The molecule has 0 unspecified atom stereocenters. The lowest BCUT2D eigenvalue weighted by Crippen LogP contribution is -1.91. The number of nitrogens with zero attached hydrogens (tertiary/aromatic N) is 1. The van der Waals surface area contributed by atoms with Gasteiger partial charge in [0.25, 0.3) is 0 Å². The maximum Gasteiger partial charge on any atom is 0.137 e. The van der Waals surface area contributed by atoms with Crippen LogP contribution in [0, 0.1) is 0 Å². The molecular weight excluding hydrogens is 284 g/mol. The van der Waals surface area contributed by atoms with Crippen molar-refractivity contribution >= 4 is 10.8 Å². The van der Waals surface area contributed by atoms with Gasteiger partial charge in [-0.15, -0.1) is 0 Å². The summed E-state index contributed by atoms with van der Waals surface area (Å²) in [4.78, 5) is 7.61. The van der Waals surface area contributed by atoms with Gasteiger partial charge in [0.15, 0.2) is 0 Å². The van der Waals surface area contributed by atoms with Crippen molar-refractivity contribution in [2.24, 2.45) is 0 Å². The number of H-pyrrole nitrogens is 1. The van der Waals surface area contributed by atoms with E-state index in [0.717, 1.165) is 22.7 Å². The predicted octanol–water partition coefficient (Wildman–Crippen LogP) is 4.91. The second kappa shape index (κ2) is 5.61.